The maximum atomic E-state index is 13.1. The highest BCUT2D eigenvalue weighted by molar-refractivity contribution is 7.98. The van der Waals surface area contributed by atoms with Crippen molar-refractivity contribution in [2.24, 2.45) is 16.7 Å². The maximum Gasteiger partial charge on any atom is 0.163 e. The van der Waals surface area contributed by atoms with Gasteiger partial charge in [-0.1, -0.05) is 39.8 Å². The van der Waals surface area contributed by atoms with Crippen molar-refractivity contribution < 1.29 is 19.5 Å². The van der Waals surface area contributed by atoms with Gasteiger partial charge in [0.05, 0.1) is 5.92 Å². The Hall–Kier alpha value is -1.88. The SMILES string of the molecule is CSc1ccc([C@H](C2=C(O)CC(C)(C)CC2=O)C2C(=O)CC(C)(C)CC2=O)cc1. The molecule has 2 aliphatic rings. The average Bonchev–Trinajstić information content (AvgIpc) is 2.57. The molecule has 5 heteroatoms. The second-order valence-corrected chi connectivity index (χ2v) is 10.9. The van der Waals surface area contributed by atoms with Crippen LogP contribution in [0, 0.1) is 16.7 Å². The average molecular weight is 415 g/mol. The number of benzene rings is 1. The lowest BCUT2D eigenvalue weighted by atomic mass is 9.62. The molecule has 1 saturated carbocycles. The molecule has 0 saturated heterocycles. The van der Waals surface area contributed by atoms with Crippen molar-refractivity contribution in [3.05, 3.63) is 41.2 Å². The lowest BCUT2D eigenvalue weighted by Gasteiger charge is -2.39. The third-order valence-corrected chi connectivity index (χ3v) is 6.76. The van der Waals surface area contributed by atoms with Crippen LogP contribution in [-0.4, -0.2) is 28.7 Å². The highest BCUT2D eigenvalue weighted by atomic mass is 32.2. The number of ketones is 3. The number of carbonyl (C=O) groups is 3. The molecule has 1 aromatic carbocycles. The van der Waals surface area contributed by atoms with Crippen LogP contribution in [0.15, 0.2) is 40.5 Å². The fraction of sp³-hybridized carbons (Fsp3) is 0.542. The number of Topliss-reactive ketones (excluding diaryl/α,β-unsaturated/α-hetero) is 3. The minimum absolute atomic E-state index is 0.0237. The molecule has 2 aliphatic carbocycles. The van der Waals surface area contributed by atoms with Crippen molar-refractivity contribution in [1.29, 1.82) is 0 Å². The molecular formula is C24H30O4S. The number of allylic oxidation sites excluding steroid dienone is 2. The van der Waals surface area contributed by atoms with Crippen LogP contribution in [0.25, 0.3) is 0 Å². The van der Waals surface area contributed by atoms with E-state index in [-0.39, 0.29) is 39.5 Å². The second kappa shape index (κ2) is 7.75. The Morgan fingerprint density at radius 3 is 1.90 bits per heavy atom. The van der Waals surface area contributed by atoms with Crippen LogP contribution in [0.2, 0.25) is 0 Å². The molecule has 0 spiro atoms. The zero-order valence-electron chi connectivity index (χ0n) is 17.9. The number of thioether (sulfide) groups is 1. The van der Waals surface area contributed by atoms with E-state index in [1.807, 2.05) is 58.2 Å². The zero-order chi connectivity index (χ0) is 21.6. The van der Waals surface area contributed by atoms with E-state index in [0.29, 0.717) is 25.7 Å². The van der Waals surface area contributed by atoms with Gasteiger partial charge in [-0.3, -0.25) is 14.4 Å². The number of aliphatic hydroxyl groups excluding tert-OH is 1. The molecule has 0 aromatic heterocycles. The number of carbonyl (C=O) groups excluding carboxylic acids is 3. The summed E-state index contributed by atoms with van der Waals surface area (Å²) in [7, 11) is 0. The third kappa shape index (κ3) is 4.50. The molecule has 1 N–H and O–H groups in total. The van der Waals surface area contributed by atoms with Crippen LogP contribution in [0.3, 0.4) is 0 Å². The predicted molar refractivity (Wildman–Crippen MR) is 115 cm³/mol. The molecule has 0 radical (unpaired) electrons. The molecule has 0 heterocycles. The quantitative estimate of drug-likeness (QED) is 0.537. The monoisotopic (exact) mass is 414 g/mol. The van der Waals surface area contributed by atoms with Crippen molar-refractivity contribution >= 4 is 29.1 Å². The standard InChI is InChI=1S/C24H30O4S/c1-23(2)10-16(25)21(17(26)11-23)20(14-6-8-15(29-5)9-7-14)22-18(27)12-24(3,4)13-19(22)28/h6-9,20-21,27H,10-13H2,1-5H3/t20-/m0/s1. The van der Waals surface area contributed by atoms with Gasteiger partial charge in [0.25, 0.3) is 0 Å². The van der Waals surface area contributed by atoms with Crippen LogP contribution >= 0.6 is 11.8 Å². The molecule has 156 valence electrons. The molecule has 0 unspecified atom stereocenters. The largest absolute Gasteiger partial charge is 0.512 e. The van der Waals surface area contributed by atoms with Crippen molar-refractivity contribution in [1.82, 2.24) is 0 Å². The van der Waals surface area contributed by atoms with Gasteiger partial charge < -0.3 is 5.11 Å². The summed E-state index contributed by atoms with van der Waals surface area (Å²) in [4.78, 5) is 40.4. The molecule has 29 heavy (non-hydrogen) atoms. The first-order chi connectivity index (χ1) is 13.4. The molecule has 3 rings (SSSR count). The van der Waals surface area contributed by atoms with E-state index >= 15 is 0 Å². The summed E-state index contributed by atoms with van der Waals surface area (Å²) >= 11 is 1.60. The lowest BCUT2D eigenvalue weighted by molar-refractivity contribution is -0.140. The molecule has 1 fully saturated rings. The van der Waals surface area contributed by atoms with Crippen molar-refractivity contribution in [2.75, 3.05) is 6.26 Å². The fourth-order valence-electron chi connectivity index (χ4n) is 4.77. The Labute approximate surface area is 177 Å². The van der Waals surface area contributed by atoms with E-state index in [9.17, 15) is 19.5 Å². The minimum Gasteiger partial charge on any atom is -0.512 e. The first kappa shape index (κ1) is 21.8. The summed E-state index contributed by atoms with van der Waals surface area (Å²) in [5, 5.41) is 10.8. The topological polar surface area (TPSA) is 71.4 Å². The number of hydrogen-bond donors (Lipinski definition) is 1. The van der Waals surface area contributed by atoms with E-state index in [1.165, 1.54) is 0 Å². The third-order valence-electron chi connectivity index (χ3n) is 6.02. The first-order valence-corrected chi connectivity index (χ1v) is 11.3. The van der Waals surface area contributed by atoms with Crippen molar-refractivity contribution in [3.8, 4) is 0 Å². The van der Waals surface area contributed by atoms with Gasteiger partial charge >= 0.3 is 0 Å². The summed E-state index contributed by atoms with van der Waals surface area (Å²) < 4.78 is 0. The summed E-state index contributed by atoms with van der Waals surface area (Å²) in [5.41, 5.74) is 0.296. The van der Waals surface area contributed by atoms with Gasteiger partial charge in [0.1, 0.15) is 17.3 Å². The van der Waals surface area contributed by atoms with Crippen LogP contribution in [0.1, 0.15) is 64.9 Å². The molecule has 4 nitrogen and oxygen atoms in total. The molecule has 0 bridgehead atoms. The van der Waals surface area contributed by atoms with E-state index in [2.05, 4.69) is 0 Å². The van der Waals surface area contributed by atoms with Crippen LogP contribution in [-0.2, 0) is 14.4 Å². The van der Waals surface area contributed by atoms with Gasteiger partial charge in [0.2, 0.25) is 0 Å². The van der Waals surface area contributed by atoms with Crippen LogP contribution in [0.5, 0.6) is 0 Å². The molecule has 1 aromatic rings. The highest BCUT2D eigenvalue weighted by Gasteiger charge is 2.48. The maximum absolute atomic E-state index is 13.1. The smallest absolute Gasteiger partial charge is 0.163 e. The summed E-state index contributed by atoms with van der Waals surface area (Å²) in [5.74, 6) is -2.04. The van der Waals surface area contributed by atoms with E-state index in [4.69, 9.17) is 0 Å². The predicted octanol–water partition coefficient (Wildman–Crippen LogP) is 5.27. The Bertz CT molecular complexity index is 857. The van der Waals surface area contributed by atoms with Gasteiger partial charge in [-0.2, -0.15) is 0 Å². The second-order valence-electron chi connectivity index (χ2n) is 9.98. The Kier molecular flexibility index (Phi) is 5.83. The number of hydrogen-bond acceptors (Lipinski definition) is 5. The van der Waals surface area contributed by atoms with Crippen LogP contribution in [0.4, 0.5) is 0 Å². The van der Waals surface area contributed by atoms with E-state index < -0.39 is 11.8 Å². The Balaban J connectivity index is 2.14. The minimum atomic E-state index is -0.912. The van der Waals surface area contributed by atoms with Crippen LogP contribution < -0.4 is 0 Å². The fourth-order valence-corrected chi connectivity index (χ4v) is 5.18. The summed E-state index contributed by atoms with van der Waals surface area (Å²) in [6, 6.07) is 7.63. The van der Waals surface area contributed by atoms with Gasteiger partial charge in [-0.25, -0.2) is 0 Å². The number of rotatable bonds is 4. The summed E-state index contributed by atoms with van der Waals surface area (Å²) in [6.07, 6.45) is 3.25. The van der Waals surface area contributed by atoms with E-state index in [0.717, 1.165) is 10.5 Å². The van der Waals surface area contributed by atoms with Crippen molar-refractivity contribution in [2.45, 2.75) is 64.2 Å². The molecule has 0 aliphatic heterocycles. The lowest BCUT2D eigenvalue weighted by Crippen LogP contribution is -2.43. The molecule has 1 atom stereocenters. The number of aliphatic hydroxyl groups is 1. The van der Waals surface area contributed by atoms with Gasteiger partial charge in [0.15, 0.2) is 5.78 Å². The van der Waals surface area contributed by atoms with Gasteiger partial charge in [-0.15, -0.1) is 11.8 Å². The first-order valence-electron chi connectivity index (χ1n) is 10.1. The highest BCUT2D eigenvalue weighted by Crippen LogP contribution is 2.47. The molecular weight excluding hydrogens is 384 g/mol. The molecule has 0 amide bonds. The van der Waals surface area contributed by atoms with Crippen molar-refractivity contribution in [3.63, 3.8) is 0 Å². The zero-order valence-corrected chi connectivity index (χ0v) is 18.7. The summed E-state index contributed by atoms with van der Waals surface area (Å²) in [6.45, 7) is 7.73. The normalized spacial score (nSPS) is 23.4. The van der Waals surface area contributed by atoms with Gasteiger partial charge in [0, 0.05) is 42.1 Å². The van der Waals surface area contributed by atoms with E-state index in [1.54, 1.807) is 11.8 Å². The Morgan fingerprint density at radius 1 is 0.897 bits per heavy atom. The Morgan fingerprint density at radius 2 is 1.41 bits per heavy atom. The van der Waals surface area contributed by atoms with Gasteiger partial charge in [-0.05, 0) is 34.8 Å².